The maximum absolute atomic E-state index is 13.3. The number of carbonyl (C=O) groups excluding carboxylic acids is 3. The van der Waals surface area contributed by atoms with E-state index in [2.05, 4.69) is 20.1 Å². The second kappa shape index (κ2) is 11.5. The van der Waals surface area contributed by atoms with Gasteiger partial charge < -0.3 is 24.3 Å². The number of fused-ring (bicyclic) bond motifs is 1. The van der Waals surface area contributed by atoms with Crippen LogP contribution in [0.25, 0.3) is 16.7 Å². The van der Waals surface area contributed by atoms with E-state index in [4.69, 9.17) is 9.47 Å². The normalized spacial score (nSPS) is 13.2. The van der Waals surface area contributed by atoms with Crippen LogP contribution in [0.2, 0.25) is 0 Å². The number of ether oxygens (including phenoxy) is 2. The van der Waals surface area contributed by atoms with E-state index in [-0.39, 0.29) is 57.2 Å². The molecular formula is C25H25LiN7O5. The molecule has 0 unspecified atom stereocenters. The van der Waals surface area contributed by atoms with Crippen molar-refractivity contribution < 1.29 is 23.9 Å². The van der Waals surface area contributed by atoms with Crippen LogP contribution < -0.4 is 4.74 Å². The van der Waals surface area contributed by atoms with E-state index in [9.17, 15) is 14.4 Å². The molecule has 0 atom stereocenters. The number of benzene rings is 1. The fourth-order valence-electron chi connectivity index (χ4n) is 4.22. The number of ketones is 1. The number of H-pyrrole nitrogens is 1. The molecule has 5 rings (SSSR count). The van der Waals surface area contributed by atoms with Crippen molar-refractivity contribution in [3.8, 4) is 11.6 Å². The van der Waals surface area contributed by atoms with Gasteiger partial charge in [-0.15, -0.1) is 0 Å². The van der Waals surface area contributed by atoms with Gasteiger partial charge in [0.05, 0.1) is 29.8 Å². The number of amides is 2. The Kier molecular flexibility index (Phi) is 8.14. The van der Waals surface area contributed by atoms with Gasteiger partial charge in [-0.3, -0.25) is 9.59 Å². The number of carbonyl (C=O) groups is 3. The molecule has 1 fully saturated rings. The van der Waals surface area contributed by atoms with Crippen LogP contribution >= 0.6 is 0 Å². The SMILES string of the molecule is COc1cnc(-n2cnc(C)n2)c2[nH]cc(C(=O)C(=O)N3CCN(C(=O)OCc4ccccc4)CC3)c12.[Li]. The summed E-state index contributed by atoms with van der Waals surface area (Å²) in [5.74, 6) is -0.0109. The molecule has 13 heteroatoms. The van der Waals surface area contributed by atoms with Gasteiger partial charge in [0.1, 0.15) is 24.5 Å². The Hall–Kier alpha value is -4.14. The summed E-state index contributed by atoms with van der Waals surface area (Å²) in [4.78, 5) is 53.4. The Morgan fingerprint density at radius 1 is 1.03 bits per heavy atom. The number of Topliss-reactive ketones (excluding diaryl/α,β-unsaturated/α-hetero) is 1. The minimum atomic E-state index is -0.684. The summed E-state index contributed by atoms with van der Waals surface area (Å²) in [7, 11) is 1.47. The summed E-state index contributed by atoms with van der Waals surface area (Å²) in [5, 5.41) is 4.71. The van der Waals surface area contributed by atoms with Crippen LogP contribution in [0.15, 0.2) is 49.1 Å². The number of nitrogens with one attached hydrogen (secondary N) is 1. The molecule has 0 aliphatic carbocycles. The summed E-state index contributed by atoms with van der Waals surface area (Å²) in [6, 6.07) is 9.40. The molecule has 1 aromatic carbocycles. The molecule has 1 aliphatic rings. The summed E-state index contributed by atoms with van der Waals surface area (Å²) in [6.45, 7) is 2.89. The topological polar surface area (TPSA) is 136 Å². The monoisotopic (exact) mass is 510 g/mol. The summed E-state index contributed by atoms with van der Waals surface area (Å²) < 4.78 is 12.3. The molecule has 38 heavy (non-hydrogen) atoms. The zero-order valence-electron chi connectivity index (χ0n) is 21.4. The third-order valence-corrected chi connectivity index (χ3v) is 6.17. The van der Waals surface area contributed by atoms with E-state index >= 15 is 0 Å². The molecule has 3 aromatic heterocycles. The predicted molar refractivity (Wildman–Crippen MR) is 137 cm³/mol. The fraction of sp³-hybridized carbons (Fsp3) is 0.280. The van der Waals surface area contributed by atoms with Crippen LogP contribution in [-0.4, -0.2) is 104 Å². The largest absolute Gasteiger partial charge is 0.494 e. The molecule has 0 bridgehead atoms. The molecule has 1 radical (unpaired) electrons. The maximum Gasteiger partial charge on any atom is 0.410 e. The van der Waals surface area contributed by atoms with Crippen molar-refractivity contribution in [3.05, 3.63) is 66.0 Å². The van der Waals surface area contributed by atoms with Crippen LogP contribution in [0.5, 0.6) is 5.75 Å². The standard InChI is InChI=1S/C25H25N7O5.Li/c1-16-28-15-32(29-16)23-21-20(19(36-2)13-27-23)18(12-26-21)22(33)24(34)30-8-10-31(11-9-30)25(35)37-14-17-6-4-3-5-7-17;/h3-7,12-13,15,26H,8-11,14H2,1-2H3;. The molecule has 4 heterocycles. The van der Waals surface area contributed by atoms with E-state index in [1.165, 1.54) is 40.3 Å². The van der Waals surface area contributed by atoms with E-state index < -0.39 is 17.8 Å². The van der Waals surface area contributed by atoms with Crippen LogP contribution in [-0.2, 0) is 16.1 Å². The molecule has 1 aliphatic heterocycles. The number of aryl methyl sites for hydroxylation is 1. The number of piperazine rings is 1. The van der Waals surface area contributed by atoms with Gasteiger partial charge in [0, 0.05) is 51.2 Å². The van der Waals surface area contributed by atoms with E-state index in [1.54, 1.807) is 6.92 Å². The predicted octanol–water partition coefficient (Wildman–Crippen LogP) is 1.74. The number of hydrogen-bond donors (Lipinski definition) is 1. The zero-order valence-corrected chi connectivity index (χ0v) is 21.4. The molecule has 1 N–H and O–H groups in total. The Labute approximate surface area is 230 Å². The Morgan fingerprint density at radius 2 is 1.74 bits per heavy atom. The van der Waals surface area contributed by atoms with Gasteiger partial charge in [-0.25, -0.2) is 19.4 Å². The molecule has 0 spiro atoms. The summed E-state index contributed by atoms with van der Waals surface area (Å²) in [5.41, 5.74) is 1.55. The van der Waals surface area contributed by atoms with Crippen LogP contribution in [0, 0.1) is 6.92 Å². The molecule has 1 saturated heterocycles. The molecule has 4 aromatic rings. The molecule has 2 amide bonds. The van der Waals surface area contributed by atoms with Crippen molar-refractivity contribution >= 4 is 47.5 Å². The fourth-order valence-corrected chi connectivity index (χ4v) is 4.22. The first-order valence-electron chi connectivity index (χ1n) is 11.7. The van der Waals surface area contributed by atoms with Crippen molar-refractivity contribution in [1.82, 2.24) is 34.5 Å². The van der Waals surface area contributed by atoms with Crippen LogP contribution in [0.4, 0.5) is 4.79 Å². The first kappa shape index (κ1) is 26.9. The van der Waals surface area contributed by atoms with Crippen molar-refractivity contribution in [2.75, 3.05) is 33.3 Å². The number of pyridine rings is 1. The second-order valence-electron chi connectivity index (χ2n) is 8.49. The van der Waals surface area contributed by atoms with Crippen molar-refractivity contribution in [1.29, 1.82) is 0 Å². The van der Waals surface area contributed by atoms with Crippen molar-refractivity contribution in [3.63, 3.8) is 0 Å². The quantitative estimate of drug-likeness (QED) is 0.235. The Bertz CT molecular complexity index is 1460. The molecule has 191 valence electrons. The minimum absolute atomic E-state index is 0. The average Bonchev–Trinajstić information content (AvgIpc) is 3.58. The van der Waals surface area contributed by atoms with Gasteiger partial charge in [-0.05, 0) is 12.5 Å². The van der Waals surface area contributed by atoms with Crippen LogP contribution in [0.1, 0.15) is 21.7 Å². The van der Waals surface area contributed by atoms with Crippen molar-refractivity contribution in [2.24, 2.45) is 0 Å². The number of rotatable bonds is 6. The number of methoxy groups -OCH3 is 1. The molecular weight excluding hydrogens is 485 g/mol. The third-order valence-electron chi connectivity index (χ3n) is 6.17. The number of hydrogen-bond acceptors (Lipinski definition) is 8. The smallest absolute Gasteiger partial charge is 0.410 e. The second-order valence-corrected chi connectivity index (χ2v) is 8.49. The summed E-state index contributed by atoms with van der Waals surface area (Å²) >= 11 is 0. The number of nitrogens with zero attached hydrogens (tertiary/aromatic N) is 6. The van der Waals surface area contributed by atoms with Crippen LogP contribution in [0.3, 0.4) is 0 Å². The van der Waals surface area contributed by atoms with Gasteiger partial charge in [-0.1, -0.05) is 30.3 Å². The Morgan fingerprint density at radius 3 is 2.39 bits per heavy atom. The minimum Gasteiger partial charge on any atom is -0.494 e. The first-order chi connectivity index (χ1) is 18.0. The van der Waals surface area contributed by atoms with E-state index in [1.807, 2.05) is 30.3 Å². The zero-order chi connectivity index (χ0) is 25.9. The number of aromatic amines is 1. The molecule has 12 nitrogen and oxygen atoms in total. The van der Waals surface area contributed by atoms with Gasteiger partial charge in [-0.2, -0.15) is 5.10 Å². The first-order valence-corrected chi connectivity index (χ1v) is 11.7. The van der Waals surface area contributed by atoms with Crippen molar-refractivity contribution in [2.45, 2.75) is 13.5 Å². The maximum atomic E-state index is 13.3. The summed E-state index contributed by atoms with van der Waals surface area (Å²) in [6.07, 6.45) is 4.01. The van der Waals surface area contributed by atoms with Gasteiger partial charge in [0.25, 0.3) is 11.7 Å². The Balaban J connectivity index is 0.00000336. The number of aromatic nitrogens is 5. The van der Waals surface area contributed by atoms with E-state index in [0.717, 1.165) is 5.56 Å². The van der Waals surface area contributed by atoms with Gasteiger partial charge in [0.2, 0.25) is 0 Å². The molecule has 0 saturated carbocycles. The van der Waals surface area contributed by atoms with E-state index in [0.29, 0.717) is 28.3 Å². The average molecular weight is 510 g/mol. The van der Waals surface area contributed by atoms with Gasteiger partial charge in [0.15, 0.2) is 5.82 Å². The third kappa shape index (κ3) is 5.27. The van der Waals surface area contributed by atoms with Gasteiger partial charge >= 0.3 is 6.09 Å².